The van der Waals surface area contributed by atoms with Gasteiger partial charge in [0.15, 0.2) is 0 Å². The molecule has 16 heavy (non-hydrogen) atoms. The van der Waals surface area contributed by atoms with Gasteiger partial charge in [0.2, 0.25) is 5.91 Å². The number of fused-ring (bicyclic) bond motifs is 1. The molecule has 0 radical (unpaired) electrons. The van der Waals surface area contributed by atoms with Crippen molar-refractivity contribution in [3.8, 4) is 5.75 Å². The van der Waals surface area contributed by atoms with Crippen molar-refractivity contribution in [3.63, 3.8) is 0 Å². The smallest absolute Gasteiger partial charge is 0.219 e. The van der Waals surface area contributed by atoms with Crippen LogP contribution in [0.5, 0.6) is 5.75 Å². The van der Waals surface area contributed by atoms with Gasteiger partial charge in [0.25, 0.3) is 0 Å². The van der Waals surface area contributed by atoms with Crippen molar-refractivity contribution < 1.29 is 9.90 Å². The Labute approximate surface area is 98.4 Å². The molecule has 0 aromatic heterocycles. The van der Waals surface area contributed by atoms with Crippen LogP contribution >= 0.6 is 11.8 Å². The number of nitrogen functional groups attached to an aromatic ring is 1. The van der Waals surface area contributed by atoms with Crippen molar-refractivity contribution in [1.82, 2.24) is 4.90 Å². The molecule has 0 atom stereocenters. The zero-order valence-electron chi connectivity index (χ0n) is 9.06. The fourth-order valence-electron chi connectivity index (χ4n) is 1.70. The third-order valence-corrected chi connectivity index (χ3v) is 3.71. The summed E-state index contributed by atoms with van der Waals surface area (Å²) in [5, 5.41) is 9.55. The predicted octanol–water partition coefficient (Wildman–Crippen LogP) is 1.43. The summed E-state index contributed by atoms with van der Waals surface area (Å²) >= 11 is 1.67. The van der Waals surface area contributed by atoms with Gasteiger partial charge in [0, 0.05) is 30.7 Å². The van der Waals surface area contributed by atoms with Gasteiger partial charge in [-0.1, -0.05) is 0 Å². The minimum Gasteiger partial charge on any atom is -0.506 e. The highest BCUT2D eigenvalue weighted by molar-refractivity contribution is 7.99. The van der Waals surface area contributed by atoms with E-state index in [2.05, 4.69) is 0 Å². The normalized spacial score (nSPS) is 15.4. The fourth-order valence-corrected chi connectivity index (χ4v) is 2.76. The van der Waals surface area contributed by atoms with Gasteiger partial charge in [-0.2, -0.15) is 0 Å². The van der Waals surface area contributed by atoms with E-state index in [1.165, 1.54) is 0 Å². The lowest BCUT2D eigenvalue weighted by Gasteiger charge is -2.18. The van der Waals surface area contributed by atoms with Gasteiger partial charge in [-0.3, -0.25) is 4.79 Å². The molecule has 86 valence electrons. The number of anilines is 1. The molecule has 2 rings (SSSR count). The number of amides is 1. The number of thioether (sulfide) groups is 1. The minimum absolute atomic E-state index is 0.0600. The summed E-state index contributed by atoms with van der Waals surface area (Å²) in [6, 6.07) is 3.43. The molecule has 0 bridgehead atoms. The van der Waals surface area contributed by atoms with Crippen LogP contribution in [0.4, 0.5) is 5.69 Å². The molecule has 0 fully saturated rings. The van der Waals surface area contributed by atoms with Gasteiger partial charge in [-0.05, 0) is 17.7 Å². The Balaban J connectivity index is 2.36. The molecular formula is C11H14N2O2S. The Morgan fingerprint density at radius 2 is 2.31 bits per heavy atom. The number of carbonyl (C=O) groups excluding carboxylic acids is 1. The summed E-state index contributed by atoms with van der Waals surface area (Å²) in [5.74, 6) is 1.01. The predicted molar refractivity (Wildman–Crippen MR) is 64.3 cm³/mol. The number of phenols is 1. The van der Waals surface area contributed by atoms with Crippen LogP contribution in [0.2, 0.25) is 0 Å². The number of nitrogens with zero attached hydrogens (tertiary/aromatic N) is 1. The molecular weight excluding hydrogens is 224 g/mol. The van der Waals surface area contributed by atoms with E-state index < -0.39 is 0 Å². The lowest BCUT2D eigenvalue weighted by Crippen LogP contribution is -2.29. The van der Waals surface area contributed by atoms with Gasteiger partial charge in [-0.25, -0.2) is 0 Å². The number of benzene rings is 1. The van der Waals surface area contributed by atoms with E-state index in [9.17, 15) is 9.90 Å². The van der Waals surface area contributed by atoms with Crippen LogP contribution in [0.15, 0.2) is 17.0 Å². The number of carbonyl (C=O) groups is 1. The molecule has 1 aromatic rings. The highest BCUT2D eigenvalue weighted by Gasteiger charge is 2.18. The highest BCUT2D eigenvalue weighted by atomic mass is 32.2. The van der Waals surface area contributed by atoms with Crippen molar-refractivity contribution in [2.45, 2.75) is 18.4 Å². The van der Waals surface area contributed by atoms with Crippen LogP contribution in [-0.2, 0) is 11.3 Å². The monoisotopic (exact) mass is 238 g/mol. The van der Waals surface area contributed by atoms with E-state index in [4.69, 9.17) is 5.73 Å². The summed E-state index contributed by atoms with van der Waals surface area (Å²) in [6.45, 7) is 2.84. The lowest BCUT2D eigenvalue weighted by molar-refractivity contribution is -0.129. The Morgan fingerprint density at radius 3 is 3.00 bits per heavy atom. The third-order valence-electron chi connectivity index (χ3n) is 2.64. The Morgan fingerprint density at radius 1 is 1.56 bits per heavy atom. The first-order valence-corrected chi connectivity index (χ1v) is 6.06. The van der Waals surface area contributed by atoms with Gasteiger partial charge in [-0.15, -0.1) is 11.8 Å². The molecule has 0 aliphatic carbocycles. The first kappa shape index (κ1) is 11.1. The van der Waals surface area contributed by atoms with Crippen LogP contribution in [-0.4, -0.2) is 28.2 Å². The van der Waals surface area contributed by atoms with Gasteiger partial charge >= 0.3 is 0 Å². The van der Waals surface area contributed by atoms with Crippen molar-refractivity contribution in [1.29, 1.82) is 0 Å². The SMILES string of the molecule is CC(=O)N1CCSc2cc(N)c(O)cc2C1. The van der Waals surface area contributed by atoms with E-state index in [0.29, 0.717) is 12.2 Å². The van der Waals surface area contributed by atoms with Gasteiger partial charge in [0.1, 0.15) is 5.75 Å². The van der Waals surface area contributed by atoms with E-state index in [1.54, 1.807) is 35.7 Å². The molecule has 1 amide bonds. The topological polar surface area (TPSA) is 66.6 Å². The van der Waals surface area contributed by atoms with E-state index in [1.807, 2.05) is 0 Å². The largest absolute Gasteiger partial charge is 0.506 e. The molecule has 5 heteroatoms. The third kappa shape index (κ3) is 2.09. The zero-order valence-corrected chi connectivity index (χ0v) is 9.88. The molecule has 1 aromatic carbocycles. The highest BCUT2D eigenvalue weighted by Crippen LogP contribution is 2.33. The number of rotatable bonds is 0. The average molecular weight is 238 g/mol. The van der Waals surface area contributed by atoms with Crippen molar-refractivity contribution >= 4 is 23.4 Å². The second kappa shape index (κ2) is 4.25. The van der Waals surface area contributed by atoms with Crippen molar-refractivity contribution in [2.75, 3.05) is 18.0 Å². The summed E-state index contributed by atoms with van der Waals surface area (Å²) in [5.41, 5.74) is 7.00. The van der Waals surface area contributed by atoms with Crippen molar-refractivity contribution in [3.05, 3.63) is 17.7 Å². The van der Waals surface area contributed by atoms with Crippen LogP contribution in [0.1, 0.15) is 12.5 Å². The molecule has 0 saturated heterocycles. The summed E-state index contributed by atoms with van der Waals surface area (Å²) in [4.78, 5) is 14.2. The number of nitrogens with two attached hydrogens (primary N) is 1. The van der Waals surface area contributed by atoms with Gasteiger partial charge in [0.05, 0.1) is 5.69 Å². The summed E-state index contributed by atoms with van der Waals surface area (Å²) < 4.78 is 0. The van der Waals surface area contributed by atoms with Gasteiger partial charge < -0.3 is 15.7 Å². The van der Waals surface area contributed by atoms with Crippen LogP contribution in [0, 0.1) is 0 Å². The number of aromatic hydroxyl groups is 1. The fraction of sp³-hybridized carbons (Fsp3) is 0.364. The molecule has 1 heterocycles. The van der Waals surface area contributed by atoms with Crippen LogP contribution < -0.4 is 5.73 Å². The second-order valence-electron chi connectivity index (χ2n) is 3.81. The molecule has 0 saturated carbocycles. The summed E-state index contributed by atoms with van der Waals surface area (Å²) in [7, 11) is 0. The molecule has 3 N–H and O–H groups in total. The molecule has 4 nitrogen and oxygen atoms in total. The van der Waals surface area contributed by atoms with Crippen molar-refractivity contribution in [2.24, 2.45) is 0 Å². The Bertz CT molecular complexity index is 434. The second-order valence-corrected chi connectivity index (χ2v) is 4.94. The number of hydrogen-bond donors (Lipinski definition) is 2. The molecule has 0 spiro atoms. The Kier molecular flexibility index (Phi) is 2.96. The van der Waals surface area contributed by atoms with E-state index in [-0.39, 0.29) is 11.7 Å². The molecule has 1 aliphatic heterocycles. The maximum Gasteiger partial charge on any atom is 0.219 e. The first-order valence-electron chi connectivity index (χ1n) is 5.07. The minimum atomic E-state index is 0.0600. The first-order chi connectivity index (χ1) is 7.58. The quantitative estimate of drug-likeness (QED) is 0.530. The maximum atomic E-state index is 11.3. The zero-order chi connectivity index (χ0) is 11.7. The number of hydrogen-bond acceptors (Lipinski definition) is 4. The Hall–Kier alpha value is -1.36. The standard InChI is InChI=1S/C11H14N2O2S/c1-7(14)13-2-3-16-11-5-9(12)10(15)4-8(11)6-13/h4-5,15H,2-3,6,12H2,1H3. The molecule has 0 unspecified atom stereocenters. The lowest BCUT2D eigenvalue weighted by atomic mass is 10.1. The van der Waals surface area contributed by atoms with E-state index in [0.717, 1.165) is 22.8 Å². The van der Waals surface area contributed by atoms with E-state index >= 15 is 0 Å². The summed E-state index contributed by atoms with van der Waals surface area (Å²) in [6.07, 6.45) is 0. The average Bonchev–Trinajstić information content (AvgIpc) is 2.41. The van der Waals surface area contributed by atoms with Crippen LogP contribution in [0.3, 0.4) is 0 Å². The maximum absolute atomic E-state index is 11.3. The number of phenolic OH excluding ortho intramolecular Hbond substituents is 1. The van der Waals surface area contributed by atoms with Crippen LogP contribution in [0.25, 0.3) is 0 Å². The molecule has 1 aliphatic rings.